The van der Waals surface area contributed by atoms with E-state index in [0.29, 0.717) is 5.56 Å². The molecule has 1 aromatic carbocycles. The number of carbonyl (C=O) groups excluding carboxylic acids is 1. The summed E-state index contributed by atoms with van der Waals surface area (Å²) in [5.41, 5.74) is 2.79. The zero-order valence-electron chi connectivity index (χ0n) is 10.9. The average molecular weight is 282 g/mol. The Morgan fingerprint density at radius 1 is 1.42 bits per heavy atom. The Morgan fingerprint density at radius 3 is 2.95 bits per heavy atom. The van der Waals surface area contributed by atoms with Crippen molar-refractivity contribution < 1.29 is 13.2 Å². The van der Waals surface area contributed by atoms with E-state index in [0.717, 1.165) is 24.2 Å². The molecule has 0 unspecified atom stereocenters. The van der Waals surface area contributed by atoms with E-state index in [1.54, 1.807) is 13.0 Å². The number of nitrogens with one attached hydrogen (secondary N) is 2. The van der Waals surface area contributed by atoms with Gasteiger partial charge in [-0.15, -0.1) is 0 Å². The summed E-state index contributed by atoms with van der Waals surface area (Å²) in [4.78, 5) is 11.9. The minimum atomic E-state index is -3.03. The first-order chi connectivity index (χ1) is 9.02. The minimum Gasteiger partial charge on any atom is -0.384 e. The fourth-order valence-electron chi connectivity index (χ4n) is 2.01. The first kappa shape index (κ1) is 13.9. The van der Waals surface area contributed by atoms with Crippen LogP contribution in [0.1, 0.15) is 22.8 Å². The molecule has 0 fully saturated rings. The van der Waals surface area contributed by atoms with Crippen LogP contribution in [-0.2, 0) is 16.3 Å². The summed E-state index contributed by atoms with van der Waals surface area (Å²) in [7, 11) is -3.03. The lowest BCUT2D eigenvalue weighted by molar-refractivity contribution is 0.0956. The van der Waals surface area contributed by atoms with E-state index in [4.69, 9.17) is 0 Å². The highest BCUT2D eigenvalue weighted by Gasteiger charge is 2.14. The van der Waals surface area contributed by atoms with E-state index in [9.17, 15) is 13.2 Å². The second-order valence-electron chi connectivity index (χ2n) is 4.54. The molecule has 1 amide bonds. The Hall–Kier alpha value is -1.56. The summed E-state index contributed by atoms with van der Waals surface area (Å²) in [6.07, 6.45) is 0.917. The Balaban J connectivity index is 1.94. The van der Waals surface area contributed by atoms with Crippen LogP contribution in [-0.4, -0.2) is 38.9 Å². The molecule has 104 valence electrons. The largest absolute Gasteiger partial charge is 0.384 e. The quantitative estimate of drug-likeness (QED) is 0.838. The highest BCUT2D eigenvalue weighted by atomic mass is 32.2. The Bertz CT molecular complexity index is 582. The van der Waals surface area contributed by atoms with Gasteiger partial charge in [-0.05, 0) is 30.2 Å². The first-order valence-electron chi connectivity index (χ1n) is 6.37. The number of amides is 1. The van der Waals surface area contributed by atoms with Crippen LogP contribution in [0.25, 0.3) is 0 Å². The van der Waals surface area contributed by atoms with Crippen LogP contribution < -0.4 is 10.6 Å². The molecule has 0 aliphatic carbocycles. The molecule has 0 bridgehead atoms. The molecule has 1 heterocycles. The fraction of sp³-hybridized carbons (Fsp3) is 0.462. The van der Waals surface area contributed by atoms with Gasteiger partial charge in [0.05, 0.1) is 5.75 Å². The third kappa shape index (κ3) is 3.47. The predicted octanol–water partition coefficient (Wildman–Crippen LogP) is 0.819. The summed E-state index contributed by atoms with van der Waals surface area (Å²) in [6, 6.07) is 5.50. The van der Waals surface area contributed by atoms with Crippen molar-refractivity contribution in [2.24, 2.45) is 0 Å². The number of anilines is 1. The number of sulfone groups is 1. The van der Waals surface area contributed by atoms with Crippen LogP contribution >= 0.6 is 0 Å². The van der Waals surface area contributed by atoms with Gasteiger partial charge in [0.2, 0.25) is 0 Å². The molecule has 0 radical (unpaired) electrons. The zero-order chi connectivity index (χ0) is 13.9. The summed E-state index contributed by atoms with van der Waals surface area (Å²) >= 11 is 0. The summed E-state index contributed by atoms with van der Waals surface area (Å²) in [5.74, 6) is -0.129. The van der Waals surface area contributed by atoms with Gasteiger partial charge in [-0.3, -0.25) is 4.79 Å². The molecule has 0 atom stereocenters. The number of rotatable bonds is 5. The van der Waals surface area contributed by atoms with Crippen molar-refractivity contribution in [2.75, 3.05) is 29.9 Å². The highest BCUT2D eigenvalue weighted by Crippen LogP contribution is 2.22. The van der Waals surface area contributed by atoms with Crippen LogP contribution in [0.2, 0.25) is 0 Å². The zero-order valence-corrected chi connectivity index (χ0v) is 11.7. The molecule has 0 saturated heterocycles. The van der Waals surface area contributed by atoms with Gasteiger partial charge in [-0.2, -0.15) is 0 Å². The number of fused-ring (bicyclic) bond motifs is 1. The normalized spacial score (nSPS) is 13.7. The van der Waals surface area contributed by atoms with E-state index in [2.05, 4.69) is 10.6 Å². The topological polar surface area (TPSA) is 75.3 Å². The Kier molecular flexibility index (Phi) is 4.09. The van der Waals surface area contributed by atoms with Crippen molar-refractivity contribution in [1.29, 1.82) is 0 Å². The second-order valence-corrected chi connectivity index (χ2v) is 7.01. The van der Waals surface area contributed by atoms with Gasteiger partial charge in [-0.25, -0.2) is 8.42 Å². The first-order valence-corrected chi connectivity index (χ1v) is 8.19. The third-order valence-corrected chi connectivity index (χ3v) is 4.92. The molecule has 1 aromatic rings. The van der Waals surface area contributed by atoms with E-state index >= 15 is 0 Å². The van der Waals surface area contributed by atoms with Gasteiger partial charge in [0.1, 0.15) is 0 Å². The van der Waals surface area contributed by atoms with Crippen molar-refractivity contribution in [2.45, 2.75) is 13.3 Å². The molecule has 0 aromatic heterocycles. The van der Waals surface area contributed by atoms with Gasteiger partial charge in [0, 0.05) is 30.1 Å². The van der Waals surface area contributed by atoms with Gasteiger partial charge in [0.15, 0.2) is 9.84 Å². The van der Waals surface area contributed by atoms with Crippen molar-refractivity contribution in [1.82, 2.24) is 5.32 Å². The highest BCUT2D eigenvalue weighted by molar-refractivity contribution is 7.91. The molecular formula is C13H18N2O3S. The molecule has 6 heteroatoms. The molecule has 2 N–H and O–H groups in total. The lowest BCUT2D eigenvalue weighted by Crippen LogP contribution is -2.29. The summed E-state index contributed by atoms with van der Waals surface area (Å²) in [6.45, 7) is 2.66. The number of carbonyl (C=O) groups is 1. The van der Waals surface area contributed by atoms with Crippen LogP contribution in [0.4, 0.5) is 5.69 Å². The third-order valence-electron chi connectivity index (χ3n) is 3.22. The molecule has 5 nitrogen and oxygen atoms in total. The molecule has 1 aliphatic rings. The lowest BCUT2D eigenvalue weighted by Gasteiger charge is -2.07. The maximum Gasteiger partial charge on any atom is 0.251 e. The Labute approximate surface area is 113 Å². The van der Waals surface area contributed by atoms with E-state index in [-0.39, 0.29) is 24.0 Å². The maximum atomic E-state index is 11.9. The predicted molar refractivity (Wildman–Crippen MR) is 75.3 cm³/mol. The van der Waals surface area contributed by atoms with Crippen LogP contribution in [0.5, 0.6) is 0 Å². The van der Waals surface area contributed by atoms with Crippen LogP contribution in [0, 0.1) is 0 Å². The van der Waals surface area contributed by atoms with E-state index < -0.39 is 9.84 Å². The van der Waals surface area contributed by atoms with E-state index in [1.165, 1.54) is 0 Å². The van der Waals surface area contributed by atoms with Crippen LogP contribution in [0.15, 0.2) is 18.2 Å². The molecule has 0 spiro atoms. The van der Waals surface area contributed by atoms with Crippen molar-refractivity contribution in [3.05, 3.63) is 29.3 Å². The Morgan fingerprint density at radius 2 is 2.21 bits per heavy atom. The lowest BCUT2D eigenvalue weighted by atomic mass is 10.1. The van der Waals surface area contributed by atoms with Gasteiger partial charge < -0.3 is 10.6 Å². The molecule has 19 heavy (non-hydrogen) atoms. The standard InChI is InChI=1S/C13H18N2O3S/c1-2-19(17,18)8-7-15-13(16)11-3-4-12-10(9-11)5-6-14-12/h3-4,9,14H,2,5-8H2,1H3,(H,15,16). The summed E-state index contributed by atoms with van der Waals surface area (Å²) < 4.78 is 22.6. The molecule has 1 aliphatic heterocycles. The fourth-order valence-corrected chi connectivity index (χ4v) is 2.71. The molecule has 2 rings (SSSR count). The SMILES string of the molecule is CCS(=O)(=O)CCNC(=O)c1ccc2c(c1)CCN2. The monoisotopic (exact) mass is 282 g/mol. The van der Waals surface area contributed by atoms with Gasteiger partial charge in [0.25, 0.3) is 5.91 Å². The number of hydrogen-bond acceptors (Lipinski definition) is 4. The van der Waals surface area contributed by atoms with E-state index in [1.807, 2.05) is 12.1 Å². The average Bonchev–Trinajstić information content (AvgIpc) is 2.85. The van der Waals surface area contributed by atoms with Crippen molar-refractivity contribution >= 4 is 21.4 Å². The summed E-state index contributed by atoms with van der Waals surface area (Å²) in [5, 5.41) is 5.87. The molecular weight excluding hydrogens is 264 g/mol. The van der Waals surface area contributed by atoms with Crippen molar-refractivity contribution in [3.63, 3.8) is 0 Å². The maximum absolute atomic E-state index is 11.9. The molecule has 0 saturated carbocycles. The van der Waals surface area contributed by atoms with Gasteiger partial charge >= 0.3 is 0 Å². The van der Waals surface area contributed by atoms with Gasteiger partial charge in [-0.1, -0.05) is 6.92 Å². The van der Waals surface area contributed by atoms with Crippen molar-refractivity contribution in [3.8, 4) is 0 Å². The number of hydrogen-bond donors (Lipinski definition) is 2. The smallest absolute Gasteiger partial charge is 0.251 e. The number of benzene rings is 1. The minimum absolute atomic E-state index is 0.0122. The second kappa shape index (κ2) is 5.61. The van der Waals surface area contributed by atoms with Crippen LogP contribution in [0.3, 0.4) is 0 Å².